The van der Waals surface area contributed by atoms with Crippen molar-refractivity contribution in [2.75, 3.05) is 11.9 Å². The Bertz CT molecular complexity index is 1310. The van der Waals surface area contributed by atoms with Gasteiger partial charge in [0.1, 0.15) is 0 Å². The molecule has 5 rings (SSSR count). The van der Waals surface area contributed by atoms with Crippen LogP contribution in [0.2, 0.25) is 0 Å². The van der Waals surface area contributed by atoms with Crippen LogP contribution in [-0.2, 0) is 4.79 Å². The summed E-state index contributed by atoms with van der Waals surface area (Å²) in [6, 6.07) is 29.7. The number of carbonyl (C=O) groups is 1. The third kappa shape index (κ3) is 4.81. The summed E-state index contributed by atoms with van der Waals surface area (Å²) in [7, 11) is 0. The van der Waals surface area contributed by atoms with Gasteiger partial charge in [-0.2, -0.15) is 0 Å². The molecule has 2 aromatic heterocycles. The molecule has 1 saturated heterocycles. The molecule has 2 N–H and O–H groups in total. The van der Waals surface area contributed by atoms with Gasteiger partial charge in [-0.3, -0.25) is 9.78 Å². The number of pyridine rings is 1. The van der Waals surface area contributed by atoms with E-state index in [1.807, 2.05) is 66.7 Å². The van der Waals surface area contributed by atoms with Crippen molar-refractivity contribution in [3.8, 4) is 5.69 Å². The molecule has 1 fully saturated rings. The molecule has 1 aliphatic rings. The Morgan fingerprint density at radius 2 is 1.69 bits per heavy atom. The highest BCUT2D eigenvalue weighted by Crippen LogP contribution is 2.40. The first-order valence-electron chi connectivity index (χ1n) is 11.7. The minimum absolute atomic E-state index is 0.0475. The summed E-state index contributed by atoms with van der Waals surface area (Å²) in [6.07, 6.45) is 2.11. The Morgan fingerprint density at radius 3 is 2.40 bits per heavy atom. The van der Waals surface area contributed by atoms with E-state index in [0.717, 1.165) is 28.5 Å². The van der Waals surface area contributed by atoms with E-state index in [-0.39, 0.29) is 18.0 Å². The zero-order valence-corrected chi connectivity index (χ0v) is 20.3. The molecule has 0 radical (unpaired) electrons. The molecule has 0 saturated carbocycles. The van der Waals surface area contributed by atoms with Gasteiger partial charge in [-0.15, -0.1) is 0 Å². The number of rotatable bonds is 7. The molecule has 1 aliphatic heterocycles. The fraction of sp³-hybridized carbons (Fsp3) is 0.179. The Morgan fingerprint density at radius 1 is 0.971 bits per heavy atom. The molecule has 6 nitrogen and oxygen atoms in total. The van der Waals surface area contributed by atoms with Crippen LogP contribution in [0.25, 0.3) is 5.69 Å². The molecule has 1 amide bonds. The summed E-state index contributed by atoms with van der Waals surface area (Å²) < 4.78 is 2.26. The lowest BCUT2D eigenvalue weighted by Crippen LogP contribution is -2.33. The number of amides is 1. The Labute approximate surface area is 210 Å². The molecule has 0 spiro atoms. The SMILES string of the molecule is Cc1ccc([C@H]2[C@H](c3ccccn3)NC(=S)N2CCC(=O)Nc2ccccc2)n1-c1ccccc1. The molecule has 4 aromatic rings. The maximum Gasteiger partial charge on any atom is 0.226 e. The lowest BCUT2D eigenvalue weighted by Gasteiger charge is -2.29. The number of hydrogen-bond acceptors (Lipinski definition) is 3. The van der Waals surface area contributed by atoms with Crippen LogP contribution in [0.5, 0.6) is 0 Å². The topological polar surface area (TPSA) is 62.2 Å². The molecule has 0 bridgehead atoms. The van der Waals surface area contributed by atoms with Crippen molar-refractivity contribution in [1.82, 2.24) is 19.8 Å². The summed E-state index contributed by atoms with van der Waals surface area (Å²) in [5.41, 5.74) is 5.01. The second kappa shape index (κ2) is 10.1. The number of aromatic nitrogens is 2. The van der Waals surface area contributed by atoms with E-state index >= 15 is 0 Å². The second-order valence-corrected chi connectivity index (χ2v) is 8.94. The maximum atomic E-state index is 12.7. The number of carbonyl (C=O) groups excluding carboxylic acids is 1. The van der Waals surface area contributed by atoms with Crippen molar-refractivity contribution in [2.45, 2.75) is 25.4 Å². The minimum Gasteiger partial charge on any atom is -0.352 e. The van der Waals surface area contributed by atoms with Crippen LogP contribution in [0, 0.1) is 6.92 Å². The summed E-state index contributed by atoms with van der Waals surface area (Å²) in [5, 5.41) is 7.07. The van der Waals surface area contributed by atoms with Crippen molar-refractivity contribution in [3.05, 3.63) is 114 Å². The first-order chi connectivity index (χ1) is 17.1. The fourth-order valence-electron chi connectivity index (χ4n) is 4.65. The van der Waals surface area contributed by atoms with E-state index in [2.05, 4.69) is 56.3 Å². The van der Waals surface area contributed by atoms with E-state index < -0.39 is 0 Å². The second-order valence-electron chi connectivity index (χ2n) is 8.55. The van der Waals surface area contributed by atoms with Crippen LogP contribution in [0.4, 0.5) is 5.69 Å². The third-order valence-corrected chi connectivity index (χ3v) is 6.61. The smallest absolute Gasteiger partial charge is 0.226 e. The van der Waals surface area contributed by atoms with Crippen molar-refractivity contribution in [1.29, 1.82) is 0 Å². The molecule has 3 heterocycles. The van der Waals surface area contributed by atoms with Gasteiger partial charge in [-0.25, -0.2) is 0 Å². The summed E-state index contributed by atoms with van der Waals surface area (Å²) in [4.78, 5) is 19.5. The molecular weight excluding hydrogens is 454 g/mol. The van der Waals surface area contributed by atoms with Gasteiger partial charge in [-0.05, 0) is 67.7 Å². The standard InChI is InChI=1S/C28H27N5OS/c1-20-15-16-24(33(20)22-12-6-3-7-13-22)27-26(23-14-8-9-18-29-23)31-28(35)32(27)19-17-25(34)30-21-10-4-2-5-11-21/h2-16,18,26-27H,17,19H2,1H3,(H,30,34)(H,31,35)/t26-,27-/m0/s1. The molecule has 0 unspecified atom stereocenters. The zero-order valence-electron chi connectivity index (χ0n) is 19.5. The highest BCUT2D eigenvalue weighted by Gasteiger charge is 2.41. The van der Waals surface area contributed by atoms with Gasteiger partial charge >= 0.3 is 0 Å². The first-order valence-corrected chi connectivity index (χ1v) is 12.1. The predicted octanol–water partition coefficient (Wildman–Crippen LogP) is 5.18. The minimum atomic E-state index is -0.141. The van der Waals surface area contributed by atoms with Crippen LogP contribution >= 0.6 is 12.2 Å². The fourth-order valence-corrected chi connectivity index (χ4v) is 4.99. The number of nitrogens with zero attached hydrogens (tertiary/aromatic N) is 3. The van der Waals surface area contributed by atoms with E-state index in [9.17, 15) is 4.79 Å². The largest absolute Gasteiger partial charge is 0.352 e. The average Bonchev–Trinajstić information content (AvgIpc) is 3.43. The van der Waals surface area contributed by atoms with Gasteiger partial charge in [0.05, 0.1) is 17.8 Å². The van der Waals surface area contributed by atoms with Crippen LogP contribution in [0.1, 0.15) is 35.6 Å². The summed E-state index contributed by atoms with van der Waals surface area (Å²) in [6.45, 7) is 2.59. The Balaban J connectivity index is 1.47. The number of thiocarbonyl (C=S) groups is 1. The zero-order chi connectivity index (χ0) is 24.2. The maximum absolute atomic E-state index is 12.7. The number of benzene rings is 2. The van der Waals surface area contributed by atoms with E-state index in [1.54, 1.807) is 6.20 Å². The Hall–Kier alpha value is -3.97. The van der Waals surface area contributed by atoms with Gasteiger partial charge in [0.25, 0.3) is 0 Å². The van der Waals surface area contributed by atoms with Gasteiger partial charge in [0, 0.05) is 41.9 Å². The molecule has 35 heavy (non-hydrogen) atoms. The molecule has 7 heteroatoms. The number of anilines is 1. The predicted molar refractivity (Wildman–Crippen MR) is 142 cm³/mol. The molecule has 2 aromatic carbocycles. The lowest BCUT2D eigenvalue weighted by atomic mass is 10.0. The van der Waals surface area contributed by atoms with Crippen LogP contribution in [0.15, 0.2) is 97.2 Å². The first kappa shape index (κ1) is 22.8. The quantitative estimate of drug-likeness (QED) is 0.356. The molecule has 0 aliphatic carbocycles. The number of aryl methyl sites for hydroxylation is 1. The van der Waals surface area contributed by atoms with Crippen LogP contribution in [-0.4, -0.2) is 32.0 Å². The van der Waals surface area contributed by atoms with Crippen LogP contribution in [0.3, 0.4) is 0 Å². The number of hydrogen-bond donors (Lipinski definition) is 2. The summed E-state index contributed by atoms with van der Waals surface area (Å²) >= 11 is 5.79. The summed E-state index contributed by atoms with van der Waals surface area (Å²) in [5.74, 6) is -0.0475. The van der Waals surface area contributed by atoms with Crippen molar-refractivity contribution in [2.24, 2.45) is 0 Å². The van der Waals surface area contributed by atoms with Crippen LogP contribution < -0.4 is 10.6 Å². The molecule has 2 atom stereocenters. The highest BCUT2D eigenvalue weighted by molar-refractivity contribution is 7.80. The number of nitrogens with one attached hydrogen (secondary N) is 2. The van der Waals surface area contributed by atoms with Gasteiger partial charge in [0.15, 0.2) is 5.11 Å². The van der Waals surface area contributed by atoms with E-state index in [0.29, 0.717) is 18.1 Å². The van der Waals surface area contributed by atoms with Gasteiger partial charge in [0.2, 0.25) is 5.91 Å². The van der Waals surface area contributed by atoms with Crippen molar-refractivity contribution >= 4 is 28.9 Å². The van der Waals surface area contributed by atoms with E-state index in [4.69, 9.17) is 12.2 Å². The monoisotopic (exact) mass is 481 g/mol. The Kier molecular flexibility index (Phi) is 6.59. The van der Waals surface area contributed by atoms with E-state index in [1.165, 1.54) is 0 Å². The van der Waals surface area contributed by atoms with Gasteiger partial charge < -0.3 is 20.1 Å². The van der Waals surface area contributed by atoms with Gasteiger partial charge in [-0.1, -0.05) is 42.5 Å². The normalized spacial score (nSPS) is 17.3. The van der Waals surface area contributed by atoms with Crippen molar-refractivity contribution in [3.63, 3.8) is 0 Å². The molecule has 176 valence electrons. The third-order valence-electron chi connectivity index (χ3n) is 6.26. The lowest BCUT2D eigenvalue weighted by molar-refractivity contribution is -0.116. The highest BCUT2D eigenvalue weighted by atomic mass is 32.1. The average molecular weight is 482 g/mol. The number of para-hydroxylation sites is 2. The van der Waals surface area contributed by atoms with Crippen molar-refractivity contribution < 1.29 is 4.79 Å². The molecular formula is C28H27N5OS.